The number of hydrogen-bond donors (Lipinski definition) is 0. The van der Waals surface area contributed by atoms with Crippen molar-refractivity contribution in [1.29, 1.82) is 0 Å². The van der Waals surface area contributed by atoms with Crippen molar-refractivity contribution >= 4 is 5.91 Å². The molecular formula is C14H17F2NO2. The van der Waals surface area contributed by atoms with Gasteiger partial charge in [0.15, 0.2) is 0 Å². The van der Waals surface area contributed by atoms with Crippen LogP contribution in [0.4, 0.5) is 8.78 Å². The lowest BCUT2D eigenvalue weighted by atomic mass is 10.1. The molecule has 1 aromatic carbocycles. The molecule has 0 saturated carbocycles. The number of nitrogens with zero attached hydrogens (tertiary/aromatic N) is 1. The van der Waals surface area contributed by atoms with Crippen LogP contribution in [0.15, 0.2) is 18.2 Å². The molecule has 2 rings (SSSR count). The molecule has 104 valence electrons. The SMILES string of the molecule is Cc1ccc(C(=O)N2CCO[C@@H](C(F)F)C2)cc1C. The van der Waals surface area contributed by atoms with Crippen molar-refractivity contribution in [2.45, 2.75) is 26.4 Å². The van der Waals surface area contributed by atoms with Gasteiger partial charge < -0.3 is 9.64 Å². The molecule has 1 aromatic rings. The van der Waals surface area contributed by atoms with Crippen LogP contribution in [0.5, 0.6) is 0 Å². The van der Waals surface area contributed by atoms with Crippen molar-refractivity contribution < 1.29 is 18.3 Å². The number of benzene rings is 1. The summed E-state index contributed by atoms with van der Waals surface area (Å²) in [6, 6.07) is 5.40. The minimum Gasteiger partial charge on any atom is -0.369 e. The van der Waals surface area contributed by atoms with Gasteiger partial charge in [-0.2, -0.15) is 0 Å². The third-order valence-electron chi connectivity index (χ3n) is 3.42. The molecule has 1 aliphatic rings. The standard InChI is InChI=1S/C14H17F2NO2/c1-9-3-4-11(7-10(9)2)14(18)17-5-6-19-12(8-17)13(15)16/h3-4,7,12-13H,5-6,8H2,1-2H3/t12-/m1/s1. The predicted octanol–water partition coefficient (Wildman–Crippen LogP) is 2.41. The third-order valence-corrected chi connectivity index (χ3v) is 3.42. The summed E-state index contributed by atoms with van der Waals surface area (Å²) in [5.41, 5.74) is 2.66. The smallest absolute Gasteiger partial charge is 0.266 e. The van der Waals surface area contributed by atoms with Crippen molar-refractivity contribution in [3.05, 3.63) is 34.9 Å². The molecular weight excluding hydrogens is 252 g/mol. The van der Waals surface area contributed by atoms with E-state index in [-0.39, 0.29) is 19.1 Å². The van der Waals surface area contributed by atoms with Crippen LogP contribution in [-0.2, 0) is 4.74 Å². The minimum atomic E-state index is -2.56. The molecule has 0 unspecified atom stereocenters. The summed E-state index contributed by atoms with van der Waals surface area (Å²) in [6.45, 7) is 4.35. The Labute approximate surface area is 111 Å². The van der Waals surface area contributed by atoms with Gasteiger partial charge in [-0.1, -0.05) is 6.07 Å². The Morgan fingerprint density at radius 2 is 2.11 bits per heavy atom. The second-order valence-corrected chi connectivity index (χ2v) is 4.79. The van der Waals surface area contributed by atoms with Crippen LogP contribution in [-0.4, -0.2) is 43.0 Å². The van der Waals surface area contributed by atoms with Crippen LogP contribution in [0, 0.1) is 13.8 Å². The number of aryl methyl sites for hydroxylation is 2. The molecule has 0 spiro atoms. The number of carbonyl (C=O) groups excluding carboxylic acids is 1. The Bertz CT molecular complexity index is 477. The second kappa shape index (κ2) is 5.65. The highest BCUT2D eigenvalue weighted by Gasteiger charge is 2.30. The molecule has 1 amide bonds. The minimum absolute atomic E-state index is 0.0522. The lowest BCUT2D eigenvalue weighted by Gasteiger charge is -2.32. The Kier molecular flexibility index (Phi) is 4.14. The molecule has 0 aromatic heterocycles. The van der Waals surface area contributed by atoms with E-state index in [4.69, 9.17) is 4.74 Å². The van der Waals surface area contributed by atoms with Crippen LogP contribution in [0.1, 0.15) is 21.5 Å². The Morgan fingerprint density at radius 3 is 2.74 bits per heavy atom. The summed E-state index contributed by atoms with van der Waals surface area (Å²) in [7, 11) is 0. The average Bonchev–Trinajstić information content (AvgIpc) is 2.41. The van der Waals surface area contributed by atoms with Gasteiger partial charge in [0, 0.05) is 12.1 Å². The first kappa shape index (κ1) is 13.9. The molecule has 1 aliphatic heterocycles. The maximum Gasteiger partial charge on any atom is 0.266 e. The fourth-order valence-electron chi connectivity index (χ4n) is 2.07. The van der Waals surface area contributed by atoms with E-state index in [2.05, 4.69) is 0 Å². The Morgan fingerprint density at radius 1 is 1.37 bits per heavy atom. The maximum absolute atomic E-state index is 12.6. The van der Waals surface area contributed by atoms with E-state index in [0.717, 1.165) is 11.1 Å². The van der Waals surface area contributed by atoms with Crippen LogP contribution in [0.3, 0.4) is 0 Å². The van der Waals surface area contributed by atoms with Crippen molar-refractivity contribution in [3.63, 3.8) is 0 Å². The van der Waals surface area contributed by atoms with Crippen molar-refractivity contribution in [1.82, 2.24) is 4.90 Å². The van der Waals surface area contributed by atoms with E-state index in [9.17, 15) is 13.6 Å². The van der Waals surface area contributed by atoms with Gasteiger partial charge in [-0.3, -0.25) is 4.79 Å². The van der Waals surface area contributed by atoms with Crippen molar-refractivity contribution in [3.8, 4) is 0 Å². The quantitative estimate of drug-likeness (QED) is 0.825. The Hall–Kier alpha value is -1.49. The van der Waals surface area contributed by atoms with Gasteiger partial charge in [-0.15, -0.1) is 0 Å². The van der Waals surface area contributed by atoms with Gasteiger partial charge in [-0.05, 0) is 37.1 Å². The first-order valence-corrected chi connectivity index (χ1v) is 6.25. The third kappa shape index (κ3) is 3.10. The second-order valence-electron chi connectivity index (χ2n) is 4.79. The normalized spacial score (nSPS) is 19.8. The number of halogens is 2. The predicted molar refractivity (Wildman–Crippen MR) is 67.6 cm³/mol. The molecule has 3 nitrogen and oxygen atoms in total. The lowest BCUT2D eigenvalue weighted by molar-refractivity contribution is -0.0942. The van der Waals surface area contributed by atoms with Crippen LogP contribution in [0.2, 0.25) is 0 Å². The van der Waals surface area contributed by atoms with E-state index in [1.54, 1.807) is 12.1 Å². The highest BCUT2D eigenvalue weighted by Crippen LogP contribution is 2.17. The monoisotopic (exact) mass is 269 g/mol. The van der Waals surface area contributed by atoms with Crippen LogP contribution >= 0.6 is 0 Å². The van der Waals surface area contributed by atoms with Gasteiger partial charge >= 0.3 is 0 Å². The van der Waals surface area contributed by atoms with Gasteiger partial charge in [0.05, 0.1) is 13.2 Å². The highest BCUT2D eigenvalue weighted by atomic mass is 19.3. The molecule has 5 heteroatoms. The summed E-state index contributed by atoms with van der Waals surface area (Å²) >= 11 is 0. The van der Waals surface area contributed by atoms with Crippen LogP contribution < -0.4 is 0 Å². The number of ether oxygens (including phenoxy) is 1. The van der Waals surface area contributed by atoms with E-state index in [1.165, 1.54) is 4.90 Å². The number of rotatable bonds is 2. The molecule has 0 aliphatic carbocycles. The molecule has 19 heavy (non-hydrogen) atoms. The van der Waals surface area contributed by atoms with Gasteiger partial charge in [-0.25, -0.2) is 8.78 Å². The Balaban J connectivity index is 2.12. The molecule has 1 fully saturated rings. The molecule has 1 atom stereocenters. The van der Waals surface area contributed by atoms with Crippen molar-refractivity contribution in [2.75, 3.05) is 19.7 Å². The summed E-state index contributed by atoms with van der Waals surface area (Å²) in [4.78, 5) is 13.7. The van der Waals surface area contributed by atoms with E-state index in [1.807, 2.05) is 19.9 Å². The molecule has 0 bridgehead atoms. The number of hydrogen-bond acceptors (Lipinski definition) is 2. The molecule has 1 saturated heterocycles. The number of alkyl halides is 2. The molecule has 0 radical (unpaired) electrons. The summed E-state index contributed by atoms with van der Waals surface area (Å²) < 4.78 is 30.2. The van der Waals surface area contributed by atoms with Crippen molar-refractivity contribution in [2.24, 2.45) is 0 Å². The van der Waals surface area contributed by atoms with Crippen LogP contribution in [0.25, 0.3) is 0 Å². The zero-order valence-corrected chi connectivity index (χ0v) is 11.0. The van der Waals surface area contributed by atoms with E-state index < -0.39 is 12.5 Å². The first-order chi connectivity index (χ1) is 8.99. The summed E-state index contributed by atoms with van der Waals surface area (Å²) in [5.74, 6) is -0.211. The van der Waals surface area contributed by atoms with E-state index >= 15 is 0 Å². The lowest BCUT2D eigenvalue weighted by Crippen LogP contribution is -2.48. The van der Waals surface area contributed by atoms with Gasteiger partial charge in [0.25, 0.3) is 12.3 Å². The molecule has 0 N–H and O–H groups in total. The van der Waals surface area contributed by atoms with Gasteiger partial charge in [0.2, 0.25) is 0 Å². The average molecular weight is 269 g/mol. The topological polar surface area (TPSA) is 29.5 Å². The number of morpholine rings is 1. The first-order valence-electron chi connectivity index (χ1n) is 6.25. The summed E-state index contributed by atoms with van der Waals surface area (Å²) in [6.07, 6.45) is -3.74. The fourth-order valence-corrected chi connectivity index (χ4v) is 2.07. The fraction of sp³-hybridized carbons (Fsp3) is 0.500. The zero-order valence-electron chi connectivity index (χ0n) is 11.0. The highest BCUT2D eigenvalue weighted by molar-refractivity contribution is 5.94. The van der Waals surface area contributed by atoms with Gasteiger partial charge in [0.1, 0.15) is 6.10 Å². The zero-order chi connectivity index (χ0) is 14.0. The number of carbonyl (C=O) groups is 1. The largest absolute Gasteiger partial charge is 0.369 e. The van der Waals surface area contributed by atoms with E-state index in [0.29, 0.717) is 12.1 Å². The maximum atomic E-state index is 12.6. The molecule has 1 heterocycles. The number of amides is 1. The summed E-state index contributed by atoms with van der Waals surface area (Å²) in [5, 5.41) is 0.